The highest BCUT2D eigenvalue weighted by Crippen LogP contribution is 2.20. The van der Waals surface area contributed by atoms with Crippen molar-refractivity contribution in [3.05, 3.63) is 23.0 Å². The van der Waals surface area contributed by atoms with E-state index in [1.54, 1.807) is 20.1 Å². The molecule has 0 unspecified atom stereocenters. The maximum atomic E-state index is 8.95. The van der Waals surface area contributed by atoms with Crippen LogP contribution in [0.3, 0.4) is 0 Å². The molecule has 1 aromatic heterocycles. The van der Waals surface area contributed by atoms with Crippen LogP contribution in [0.4, 0.5) is 0 Å². The summed E-state index contributed by atoms with van der Waals surface area (Å²) in [6.45, 7) is 4.62. The van der Waals surface area contributed by atoms with Crippen LogP contribution < -0.4 is 4.74 Å². The number of aryl methyl sites for hydroxylation is 2. The zero-order valence-corrected chi connectivity index (χ0v) is 9.20. The highest BCUT2D eigenvalue weighted by Gasteiger charge is 2.08. The van der Waals surface area contributed by atoms with Crippen molar-refractivity contribution >= 4 is 0 Å². The van der Waals surface area contributed by atoms with Crippen LogP contribution in [-0.4, -0.2) is 25.3 Å². The molecule has 0 fully saturated rings. The normalized spacial score (nSPS) is 9.73. The Hall–Kier alpha value is -1.60. The fourth-order valence-electron chi connectivity index (χ4n) is 1.28. The zero-order valence-electron chi connectivity index (χ0n) is 9.20. The Morgan fingerprint density at radius 2 is 2.13 bits per heavy atom. The Morgan fingerprint density at radius 1 is 1.40 bits per heavy atom. The summed E-state index contributed by atoms with van der Waals surface area (Å²) in [4.78, 5) is 4.20. The molecule has 0 spiro atoms. The molecule has 0 aliphatic carbocycles. The molecule has 0 bridgehead atoms. The summed E-state index contributed by atoms with van der Waals surface area (Å²) in [5, 5.41) is 8.95. The third-order valence-corrected chi connectivity index (χ3v) is 1.95. The van der Waals surface area contributed by atoms with E-state index in [0.29, 0.717) is 30.2 Å². The number of hydrogen-bond acceptors (Lipinski definition) is 4. The maximum Gasteiger partial charge on any atom is 0.140 e. The Balaban J connectivity index is 2.90. The minimum atomic E-state index is 0.439. The first-order valence-electron chi connectivity index (χ1n) is 4.69. The molecule has 0 radical (unpaired) electrons. The van der Waals surface area contributed by atoms with Gasteiger partial charge in [-0.1, -0.05) is 0 Å². The van der Waals surface area contributed by atoms with Gasteiger partial charge in [0.1, 0.15) is 24.0 Å². The van der Waals surface area contributed by atoms with Crippen molar-refractivity contribution in [1.29, 1.82) is 5.26 Å². The fourth-order valence-corrected chi connectivity index (χ4v) is 1.28. The molecule has 80 valence electrons. The summed E-state index contributed by atoms with van der Waals surface area (Å²) in [6.07, 6.45) is 0. The lowest BCUT2D eigenvalue weighted by atomic mass is 10.2. The Kier molecular flexibility index (Phi) is 4.07. The van der Waals surface area contributed by atoms with Crippen molar-refractivity contribution in [3.8, 4) is 11.8 Å². The Bertz CT molecular complexity index is 383. The van der Waals surface area contributed by atoms with E-state index in [4.69, 9.17) is 14.7 Å². The molecule has 1 heterocycles. The molecule has 15 heavy (non-hydrogen) atoms. The van der Waals surface area contributed by atoms with E-state index in [1.165, 1.54) is 0 Å². The van der Waals surface area contributed by atoms with Gasteiger partial charge in [-0.2, -0.15) is 5.26 Å². The van der Waals surface area contributed by atoms with E-state index < -0.39 is 0 Å². The molecule has 4 heteroatoms. The van der Waals surface area contributed by atoms with E-state index in [9.17, 15) is 0 Å². The van der Waals surface area contributed by atoms with Crippen molar-refractivity contribution in [3.63, 3.8) is 0 Å². The summed E-state index contributed by atoms with van der Waals surface area (Å²) in [5.41, 5.74) is 2.04. The Morgan fingerprint density at radius 3 is 2.73 bits per heavy atom. The summed E-state index contributed by atoms with van der Waals surface area (Å²) in [6, 6.07) is 3.85. The molecular weight excluding hydrogens is 192 g/mol. The van der Waals surface area contributed by atoms with E-state index in [2.05, 4.69) is 11.1 Å². The van der Waals surface area contributed by atoms with Gasteiger partial charge in [-0.05, 0) is 13.8 Å². The molecule has 0 saturated carbocycles. The standard InChI is InChI=1S/C11H14N2O2/c1-8-6-11(15-5-4-14-3)10(7-12)9(2)13-8/h6H,4-5H2,1-3H3. The molecule has 0 saturated heterocycles. The first kappa shape index (κ1) is 11.5. The molecule has 4 nitrogen and oxygen atoms in total. The van der Waals surface area contributed by atoms with Gasteiger partial charge in [0.25, 0.3) is 0 Å². The van der Waals surface area contributed by atoms with Gasteiger partial charge in [0, 0.05) is 18.9 Å². The van der Waals surface area contributed by atoms with Crippen molar-refractivity contribution in [2.75, 3.05) is 20.3 Å². The second kappa shape index (κ2) is 5.32. The molecule has 0 aliphatic heterocycles. The van der Waals surface area contributed by atoms with E-state index >= 15 is 0 Å². The van der Waals surface area contributed by atoms with Crippen LogP contribution in [0.15, 0.2) is 6.07 Å². The van der Waals surface area contributed by atoms with Gasteiger partial charge < -0.3 is 9.47 Å². The van der Waals surface area contributed by atoms with Gasteiger partial charge in [0.2, 0.25) is 0 Å². The monoisotopic (exact) mass is 206 g/mol. The average Bonchev–Trinajstić information content (AvgIpc) is 2.17. The van der Waals surface area contributed by atoms with Crippen molar-refractivity contribution < 1.29 is 9.47 Å². The van der Waals surface area contributed by atoms with E-state index in [-0.39, 0.29) is 0 Å². The molecule has 0 N–H and O–H groups in total. The lowest BCUT2D eigenvalue weighted by molar-refractivity contribution is 0.146. The van der Waals surface area contributed by atoms with Crippen LogP contribution in [0, 0.1) is 25.2 Å². The third kappa shape index (κ3) is 2.93. The van der Waals surface area contributed by atoms with Gasteiger partial charge in [0.15, 0.2) is 0 Å². The molecular formula is C11H14N2O2. The van der Waals surface area contributed by atoms with Gasteiger partial charge >= 0.3 is 0 Å². The van der Waals surface area contributed by atoms with Gasteiger partial charge in [0.05, 0.1) is 12.3 Å². The second-order valence-corrected chi connectivity index (χ2v) is 3.18. The number of nitrogens with zero attached hydrogens (tertiary/aromatic N) is 2. The molecule has 0 aliphatic rings. The quantitative estimate of drug-likeness (QED) is 0.702. The van der Waals surface area contributed by atoms with Crippen molar-refractivity contribution in [2.45, 2.75) is 13.8 Å². The van der Waals surface area contributed by atoms with Gasteiger partial charge in [-0.3, -0.25) is 4.98 Å². The predicted molar refractivity (Wildman–Crippen MR) is 55.8 cm³/mol. The Labute approximate surface area is 89.5 Å². The van der Waals surface area contributed by atoms with Gasteiger partial charge in [-0.15, -0.1) is 0 Å². The fraction of sp³-hybridized carbons (Fsp3) is 0.455. The van der Waals surface area contributed by atoms with Crippen LogP contribution in [0.25, 0.3) is 0 Å². The molecule has 1 rings (SSSR count). The average molecular weight is 206 g/mol. The number of aromatic nitrogens is 1. The highest BCUT2D eigenvalue weighted by atomic mass is 16.5. The smallest absolute Gasteiger partial charge is 0.140 e. The summed E-state index contributed by atoms with van der Waals surface area (Å²) in [5.74, 6) is 0.583. The van der Waals surface area contributed by atoms with Crippen LogP contribution >= 0.6 is 0 Å². The number of rotatable bonds is 4. The molecule has 1 aromatic rings. The summed E-state index contributed by atoms with van der Waals surface area (Å²) < 4.78 is 10.3. The first-order valence-corrected chi connectivity index (χ1v) is 4.69. The van der Waals surface area contributed by atoms with E-state index in [0.717, 1.165) is 5.69 Å². The topological polar surface area (TPSA) is 55.1 Å². The summed E-state index contributed by atoms with van der Waals surface area (Å²) >= 11 is 0. The third-order valence-electron chi connectivity index (χ3n) is 1.95. The maximum absolute atomic E-state index is 8.95. The van der Waals surface area contributed by atoms with Gasteiger partial charge in [-0.25, -0.2) is 0 Å². The van der Waals surface area contributed by atoms with E-state index in [1.807, 2.05) is 6.92 Å². The molecule has 0 atom stereocenters. The minimum absolute atomic E-state index is 0.439. The van der Waals surface area contributed by atoms with Crippen molar-refractivity contribution in [2.24, 2.45) is 0 Å². The number of methoxy groups -OCH3 is 1. The number of nitriles is 1. The minimum Gasteiger partial charge on any atom is -0.490 e. The van der Waals surface area contributed by atoms with Crippen LogP contribution in [0.5, 0.6) is 5.75 Å². The molecule has 0 amide bonds. The molecule has 0 aromatic carbocycles. The second-order valence-electron chi connectivity index (χ2n) is 3.18. The van der Waals surface area contributed by atoms with Crippen LogP contribution in [0.2, 0.25) is 0 Å². The largest absolute Gasteiger partial charge is 0.490 e. The van der Waals surface area contributed by atoms with Crippen LogP contribution in [0.1, 0.15) is 17.0 Å². The zero-order chi connectivity index (χ0) is 11.3. The number of ether oxygens (including phenoxy) is 2. The lowest BCUT2D eigenvalue weighted by Gasteiger charge is -2.09. The lowest BCUT2D eigenvalue weighted by Crippen LogP contribution is -2.06. The van der Waals surface area contributed by atoms with Crippen molar-refractivity contribution in [1.82, 2.24) is 4.98 Å². The number of hydrogen-bond donors (Lipinski definition) is 0. The predicted octanol–water partition coefficient (Wildman–Crippen LogP) is 1.60. The highest BCUT2D eigenvalue weighted by molar-refractivity contribution is 5.46. The first-order chi connectivity index (χ1) is 7.19. The van der Waals surface area contributed by atoms with Crippen LogP contribution in [-0.2, 0) is 4.74 Å². The summed E-state index contributed by atoms with van der Waals surface area (Å²) in [7, 11) is 1.61. The number of pyridine rings is 1. The SMILES string of the molecule is COCCOc1cc(C)nc(C)c1C#N.